The minimum atomic E-state index is -4.43. The fraction of sp³-hybridized carbons (Fsp3) is 0.143. The number of hydrogen-bond acceptors (Lipinski definition) is 2. The molecule has 74 valence electrons. The number of halogens is 2. The smallest absolute Gasteiger partial charge is 0.282 e. The lowest BCUT2D eigenvalue weighted by molar-refractivity contribution is 0.473. The van der Waals surface area contributed by atoms with E-state index >= 15 is 0 Å². The summed E-state index contributed by atoms with van der Waals surface area (Å²) in [5, 5.41) is 0. The Hall–Kier alpha value is -0.650. The summed E-state index contributed by atoms with van der Waals surface area (Å²) in [6.45, 7) is 1.61. The molecule has 0 saturated carbocycles. The second-order valence-corrected chi connectivity index (χ2v) is 3.80. The van der Waals surface area contributed by atoms with E-state index in [1.165, 1.54) is 6.07 Å². The number of aryl methyl sites for hydroxylation is 1. The Bertz CT molecular complexity index is 402. The molecule has 0 atom stereocenters. The lowest BCUT2D eigenvalue weighted by Gasteiger charge is -1.99. The van der Waals surface area contributed by atoms with Crippen LogP contribution in [-0.2, 0) is 10.1 Å². The first-order chi connectivity index (χ1) is 5.41. The summed E-state index contributed by atoms with van der Waals surface area (Å²) in [6, 6.07) is 3.49. The minimum absolute atomic E-state index is 0. The molecule has 0 bridgehead atoms. The number of hydrogen-bond donors (Lipinski definition) is 1. The SMILES string of the molecule is Cc1ccc(F)c(S(=O)(=O)O)c1.Cl. The zero-order chi connectivity index (χ0) is 9.35. The monoisotopic (exact) mass is 226 g/mol. The van der Waals surface area contributed by atoms with Crippen molar-refractivity contribution in [3.8, 4) is 0 Å². The Morgan fingerprint density at radius 1 is 1.38 bits per heavy atom. The zero-order valence-corrected chi connectivity index (χ0v) is 8.32. The highest BCUT2D eigenvalue weighted by Gasteiger charge is 2.14. The van der Waals surface area contributed by atoms with E-state index in [2.05, 4.69) is 0 Å². The van der Waals surface area contributed by atoms with Gasteiger partial charge < -0.3 is 0 Å². The molecule has 0 aliphatic rings. The van der Waals surface area contributed by atoms with Crippen molar-refractivity contribution in [2.24, 2.45) is 0 Å². The molecule has 1 aromatic carbocycles. The van der Waals surface area contributed by atoms with Gasteiger partial charge in [-0.25, -0.2) is 4.39 Å². The highest BCUT2D eigenvalue weighted by atomic mass is 35.5. The van der Waals surface area contributed by atoms with E-state index in [1.807, 2.05) is 0 Å². The molecular weight excluding hydrogens is 219 g/mol. The Labute approximate surface area is 81.7 Å². The second kappa shape index (κ2) is 4.04. The van der Waals surface area contributed by atoms with Crippen LogP contribution in [0.4, 0.5) is 4.39 Å². The highest BCUT2D eigenvalue weighted by Crippen LogP contribution is 2.14. The van der Waals surface area contributed by atoms with Crippen LogP contribution < -0.4 is 0 Å². The molecule has 0 aliphatic carbocycles. The molecule has 0 spiro atoms. The summed E-state index contributed by atoms with van der Waals surface area (Å²) >= 11 is 0. The van der Waals surface area contributed by atoms with Gasteiger partial charge in [-0.15, -0.1) is 12.4 Å². The van der Waals surface area contributed by atoms with Crippen LogP contribution in [-0.4, -0.2) is 13.0 Å². The zero-order valence-electron chi connectivity index (χ0n) is 6.69. The fourth-order valence-electron chi connectivity index (χ4n) is 0.808. The van der Waals surface area contributed by atoms with Crippen molar-refractivity contribution >= 4 is 22.5 Å². The standard InChI is InChI=1S/C7H7FO3S.ClH/c1-5-2-3-6(8)7(4-5)12(9,10)11;/h2-4H,1H3,(H,9,10,11);1H. The van der Waals surface area contributed by atoms with Crippen molar-refractivity contribution in [1.29, 1.82) is 0 Å². The Balaban J connectivity index is 0.00000144. The molecule has 0 radical (unpaired) electrons. The van der Waals surface area contributed by atoms with Crippen molar-refractivity contribution in [2.75, 3.05) is 0 Å². The predicted molar refractivity (Wildman–Crippen MR) is 48.2 cm³/mol. The lowest BCUT2D eigenvalue weighted by Crippen LogP contribution is -2.01. The van der Waals surface area contributed by atoms with Crippen LogP contribution in [0.25, 0.3) is 0 Å². The lowest BCUT2D eigenvalue weighted by atomic mass is 10.2. The third-order valence-corrected chi connectivity index (χ3v) is 2.23. The van der Waals surface area contributed by atoms with E-state index in [1.54, 1.807) is 6.92 Å². The molecule has 1 aromatic rings. The van der Waals surface area contributed by atoms with Crippen molar-refractivity contribution in [2.45, 2.75) is 11.8 Å². The van der Waals surface area contributed by atoms with Gasteiger partial charge in [0.05, 0.1) is 0 Å². The van der Waals surface area contributed by atoms with E-state index in [0.717, 1.165) is 12.1 Å². The third kappa shape index (κ3) is 2.95. The van der Waals surface area contributed by atoms with E-state index in [-0.39, 0.29) is 12.4 Å². The molecule has 3 nitrogen and oxygen atoms in total. The van der Waals surface area contributed by atoms with Crippen LogP contribution in [0.5, 0.6) is 0 Å². The average molecular weight is 227 g/mol. The van der Waals surface area contributed by atoms with Gasteiger partial charge in [0, 0.05) is 0 Å². The van der Waals surface area contributed by atoms with Crippen LogP contribution in [0.1, 0.15) is 5.56 Å². The molecule has 0 aromatic heterocycles. The molecule has 0 unspecified atom stereocenters. The van der Waals surface area contributed by atoms with E-state index in [0.29, 0.717) is 5.56 Å². The first-order valence-electron chi connectivity index (χ1n) is 3.15. The Kier molecular flexibility index (Phi) is 3.84. The van der Waals surface area contributed by atoms with Crippen molar-refractivity contribution < 1.29 is 17.4 Å². The average Bonchev–Trinajstić information content (AvgIpc) is 1.92. The molecule has 1 rings (SSSR count). The van der Waals surface area contributed by atoms with E-state index < -0.39 is 20.8 Å². The maximum Gasteiger partial charge on any atom is 0.297 e. The maximum atomic E-state index is 12.7. The van der Waals surface area contributed by atoms with E-state index in [9.17, 15) is 12.8 Å². The van der Waals surface area contributed by atoms with Crippen LogP contribution in [0.2, 0.25) is 0 Å². The van der Waals surface area contributed by atoms with Crippen molar-refractivity contribution in [3.05, 3.63) is 29.6 Å². The summed E-state index contributed by atoms with van der Waals surface area (Å²) in [6.07, 6.45) is 0. The molecule has 0 aliphatic heterocycles. The summed E-state index contributed by atoms with van der Waals surface area (Å²) in [5.74, 6) is -0.942. The molecular formula is C7H8ClFO3S. The topological polar surface area (TPSA) is 54.4 Å². The molecule has 0 heterocycles. The van der Waals surface area contributed by atoms with Crippen molar-refractivity contribution in [3.63, 3.8) is 0 Å². The van der Waals surface area contributed by atoms with Crippen molar-refractivity contribution in [1.82, 2.24) is 0 Å². The Morgan fingerprint density at radius 2 is 1.92 bits per heavy atom. The van der Waals surface area contributed by atoms with Crippen LogP contribution in [0, 0.1) is 12.7 Å². The largest absolute Gasteiger partial charge is 0.297 e. The summed E-state index contributed by atoms with van der Waals surface area (Å²) < 4.78 is 42.3. The summed E-state index contributed by atoms with van der Waals surface area (Å²) in [4.78, 5) is -0.678. The molecule has 0 saturated heterocycles. The normalized spacial score (nSPS) is 10.7. The third-order valence-electron chi connectivity index (χ3n) is 1.36. The predicted octanol–water partition coefficient (Wildman–Crippen LogP) is 1.80. The van der Waals surface area contributed by atoms with Gasteiger partial charge in [-0.2, -0.15) is 8.42 Å². The van der Waals surface area contributed by atoms with E-state index in [4.69, 9.17) is 4.55 Å². The molecule has 0 fully saturated rings. The highest BCUT2D eigenvalue weighted by molar-refractivity contribution is 7.85. The quantitative estimate of drug-likeness (QED) is 0.743. The molecule has 0 amide bonds. The maximum absolute atomic E-state index is 12.7. The number of benzene rings is 1. The van der Waals surface area contributed by atoms with Crippen LogP contribution in [0.15, 0.2) is 23.1 Å². The van der Waals surface area contributed by atoms with Gasteiger partial charge in [0.15, 0.2) is 0 Å². The second-order valence-electron chi connectivity index (χ2n) is 2.41. The van der Waals surface area contributed by atoms with Gasteiger partial charge in [-0.1, -0.05) is 6.07 Å². The number of rotatable bonds is 1. The molecule has 1 N–H and O–H groups in total. The van der Waals surface area contributed by atoms with Gasteiger partial charge in [-0.05, 0) is 24.6 Å². The van der Waals surface area contributed by atoms with Crippen LogP contribution >= 0.6 is 12.4 Å². The minimum Gasteiger partial charge on any atom is -0.282 e. The summed E-state index contributed by atoms with van der Waals surface area (Å²) in [5.41, 5.74) is 0.573. The van der Waals surface area contributed by atoms with Gasteiger partial charge in [0.2, 0.25) is 0 Å². The fourth-order valence-corrected chi connectivity index (χ4v) is 1.46. The van der Waals surface area contributed by atoms with Gasteiger partial charge >= 0.3 is 0 Å². The first-order valence-corrected chi connectivity index (χ1v) is 4.59. The van der Waals surface area contributed by atoms with Crippen LogP contribution in [0.3, 0.4) is 0 Å². The van der Waals surface area contributed by atoms with Gasteiger partial charge in [0.1, 0.15) is 10.7 Å². The molecule has 13 heavy (non-hydrogen) atoms. The summed E-state index contributed by atoms with van der Waals surface area (Å²) in [7, 11) is -4.43. The first kappa shape index (κ1) is 12.3. The Morgan fingerprint density at radius 3 is 2.31 bits per heavy atom. The molecule has 6 heteroatoms. The van der Waals surface area contributed by atoms with Gasteiger partial charge in [-0.3, -0.25) is 4.55 Å². The van der Waals surface area contributed by atoms with Gasteiger partial charge in [0.25, 0.3) is 10.1 Å².